The molecule has 2 unspecified atom stereocenters. The first-order valence-electron chi connectivity index (χ1n) is 7.66. The van der Waals surface area contributed by atoms with E-state index in [1.807, 2.05) is 0 Å². The van der Waals surface area contributed by atoms with Gasteiger partial charge in [0.2, 0.25) is 0 Å². The van der Waals surface area contributed by atoms with Crippen molar-refractivity contribution >= 4 is 0 Å². The fourth-order valence-electron chi connectivity index (χ4n) is 3.03. The van der Waals surface area contributed by atoms with Crippen LogP contribution in [0.1, 0.15) is 44.4 Å². The summed E-state index contributed by atoms with van der Waals surface area (Å²) >= 11 is 0. The highest BCUT2D eigenvalue weighted by Gasteiger charge is 2.25. The van der Waals surface area contributed by atoms with E-state index in [0.717, 1.165) is 12.3 Å². The van der Waals surface area contributed by atoms with E-state index in [9.17, 15) is 0 Å². The Morgan fingerprint density at radius 1 is 1.30 bits per heavy atom. The molecule has 0 amide bonds. The SMILES string of the molecule is COc1ccc(C)cc1C(C)NC1CCN(C(C)C)C1. The van der Waals surface area contributed by atoms with Gasteiger partial charge in [-0.05, 0) is 46.7 Å². The number of benzene rings is 1. The third-order valence-electron chi connectivity index (χ3n) is 4.29. The lowest BCUT2D eigenvalue weighted by Crippen LogP contribution is -2.36. The number of nitrogens with one attached hydrogen (secondary N) is 1. The molecule has 1 aromatic rings. The number of ether oxygens (including phenoxy) is 1. The summed E-state index contributed by atoms with van der Waals surface area (Å²) in [6.45, 7) is 11.3. The molecular formula is C17H28N2O. The van der Waals surface area contributed by atoms with Crippen molar-refractivity contribution in [1.29, 1.82) is 0 Å². The van der Waals surface area contributed by atoms with Gasteiger partial charge in [0.25, 0.3) is 0 Å². The van der Waals surface area contributed by atoms with Gasteiger partial charge in [0.1, 0.15) is 5.75 Å². The Labute approximate surface area is 123 Å². The van der Waals surface area contributed by atoms with E-state index in [2.05, 4.69) is 56.1 Å². The first-order chi connectivity index (χ1) is 9.51. The lowest BCUT2D eigenvalue weighted by Gasteiger charge is -2.24. The van der Waals surface area contributed by atoms with Crippen molar-refractivity contribution < 1.29 is 4.74 Å². The molecule has 3 nitrogen and oxygen atoms in total. The first-order valence-corrected chi connectivity index (χ1v) is 7.66. The molecular weight excluding hydrogens is 248 g/mol. The molecule has 0 bridgehead atoms. The van der Waals surface area contributed by atoms with E-state index >= 15 is 0 Å². The van der Waals surface area contributed by atoms with Crippen LogP contribution >= 0.6 is 0 Å². The van der Waals surface area contributed by atoms with Crippen molar-refractivity contribution in [2.45, 2.75) is 52.2 Å². The van der Waals surface area contributed by atoms with Gasteiger partial charge >= 0.3 is 0 Å². The largest absolute Gasteiger partial charge is 0.496 e. The van der Waals surface area contributed by atoms with Crippen molar-refractivity contribution in [2.24, 2.45) is 0 Å². The van der Waals surface area contributed by atoms with E-state index in [4.69, 9.17) is 4.74 Å². The Morgan fingerprint density at radius 2 is 2.05 bits per heavy atom. The summed E-state index contributed by atoms with van der Waals surface area (Å²) in [5, 5.41) is 3.76. The van der Waals surface area contributed by atoms with E-state index in [1.165, 1.54) is 24.1 Å². The van der Waals surface area contributed by atoms with Crippen molar-refractivity contribution in [3.63, 3.8) is 0 Å². The molecule has 1 aromatic carbocycles. The van der Waals surface area contributed by atoms with Crippen LogP contribution in [0.2, 0.25) is 0 Å². The average molecular weight is 276 g/mol. The molecule has 1 aliphatic heterocycles. The molecule has 1 saturated heterocycles. The maximum atomic E-state index is 5.49. The molecule has 20 heavy (non-hydrogen) atoms. The Hall–Kier alpha value is -1.06. The predicted molar refractivity (Wildman–Crippen MR) is 84.4 cm³/mol. The maximum absolute atomic E-state index is 5.49. The molecule has 0 radical (unpaired) electrons. The smallest absolute Gasteiger partial charge is 0.123 e. The topological polar surface area (TPSA) is 24.5 Å². The van der Waals surface area contributed by atoms with Gasteiger partial charge in [-0.3, -0.25) is 4.90 Å². The van der Waals surface area contributed by atoms with E-state index < -0.39 is 0 Å². The second-order valence-electron chi connectivity index (χ2n) is 6.21. The van der Waals surface area contributed by atoms with Crippen molar-refractivity contribution in [1.82, 2.24) is 10.2 Å². The molecule has 2 rings (SSSR count). The zero-order chi connectivity index (χ0) is 14.7. The van der Waals surface area contributed by atoms with Gasteiger partial charge in [0.15, 0.2) is 0 Å². The minimum absolute atomic E-state index is 0.321. The van der Waals surface area contributed by atoms with Crippen LogP contribution in [0.15, 0.2) is 18.2 Å². The zero-order valence-electron chi connectivity index (χ0n) is 13.4. The second-order valence-corrected chi connectivity index (χ2v) is 6.21. The first kappa shape index (κ1) is 15.3. The molecule has 0 saturated carbocycles. The van der Waals surface area contributed by atoms with E-state index in [-0.39, 0.29) is 0 Å². The summed E-state index contributed by atoms with van der Waals surface area (Å²) in [4.78, 5) is 2.54. The van der Waals surface area contributed by atoms with E-state index in [0.29, 0.717) is 18.1 Å². The predicted octanol–water partition coefficient (Wildman–Crippen LogP) is 3.14. The van der Waals surface area contributed by atoms with Gasteiger partial charge in [-0.1, -0.05) is 17.7 Å². The highest BCUT2D eigenvalue weighted by atomic mass is 16.5. The third kappa shape index (κ3) is 3.53. The monoisotopic (exact) mass is 276 g/mol. The van der Waals surface area contributed by atoms with Crippen molar-refractivity contribution in [3.8, 4) is 5.75 Å². The molecule has 2 atom stereocenters. The van der Waals surface area contributed by atoms with Gasteiger partial charge in [-0.25, -0.2) is 0 Å². The molecule has 1 fully saturated rings. The quantitative estimate of drug-likeness (QED) is 0.894. The zero-order valence-corrected chi connectivity index (χ0v) is 13.4. The Morgan fingerprint density at radius 3 is 2.65 bits per heavy atom. The van der Waals surface area contributed by atoms with Gasteiger partial charge in [-0.15, -0.1) is 0 Å². The minimum Gasteiger partial charge on any atom is -0.496 e. The molecule has 0 aromatic heterocycles. The number of likely N-dealkylation sites (tertiary alicyclic amines) is 1. The van der Waals surface area contributed by atoms with Gasteiger partial charge in [-0.2, -0.15) is 0 Å². The molecule has 1 aliphatic rings. The Kier molecular flexibility index (Phi) is 5.06. The summed E-state index contributed by atoms with van der Waals surface area (Å²) in [5.41, 5.74) is 2.54. The van der Waals surface area contributed by atoms with Crippen LogP contribution < -0.4 is 10.1 Å². The molecule has 0 aliphatic carbocycles. The molecule has 1 N–H and O–H groups in total. The number of methoxy groups -OCH3 is 1. The Bertz CT molecular complexity index is 445. The molecule has 3 heteroatoms. The highest BCUT2D eigenvalue weighted by Crippen LogP contribution is 2.27. The standard InChI is InChI=1S/C17H28N2O/c1-12(2)19-9-8-15(11-19)18-14(4)16-10-13(3)6-7-17(16)20-5/h6-7,10,12,14-15,18H,8-9,11H2,1-5H3. The number of nitrogens with zero attached hydrogens (tertiary/aromatic N) is 1. The fourth-order valence-corrected chi connectivity index (χ4v) is 3.03. The summed E-state index contributed by atoms with van der Waals surface area (Å²) < 4.78 is 5.49. The normalized spacial score (nSPS) is 21.4. The summed E-state index contributed by atoms with van der Waals surface area (Å²) in [7, 11) is 1.75. The van der Waals surface area contributed by atoms with Crippen LogP contribution in [-0.4, -0.2) is 37.2 Å². The van der Waals surface area contributed by atoms with Crippen LogP contribution in [-0.2, 0) is 0 Å². The fraction of sp³-hybridized carbons (Fsp3) is 0.647. The van der Waals surface area contributed by atoms with Crippen molar-refractivity contribution in [3.05, 3.63) is 29.3 Å². The summed E-state index contributed by atoms with van der Waals surface area (Å²) in [6.07, 6.45) is 1.23. The van der Waals surface area contributed by atoms with E-state index in [1.54, 1.807) is 7.11 Å². The van der Waals surface area contributed by atoms with Crippen LogP contribution in [0.3, 0.4) is 0 Å². The van der Waals surface area contributed by atoms with Crippen LogP contribution in [0.4, 0.5) is 0 Å². The third-order valence-corrected chi connectivity index (χ3v) is 4.29. The lowest BCUT2D eigenvalue weighted by atomic mass is 10.0. The number of hydrogen-bond acceptors (Lipinski definition) is 3. The number of hydrogen-bond donors (Lipinski definition) is 1. The lowest BCUT2D eigenvalue weighted by molar-refractivity contribution is 0.265. The second kappa shape index (κ2) is 6.59. The van der Waals surface area contributed by atoms with Gasteiger partial charge in [0, 0.05) is 30.2 Å². The average Bonchev–Trinajstić information content (AvgIpc) is 2.87. The minimum atomic E-state index is 0.321. The van der Waals surface area contributed by atoms with Crippen LogP contribution in [0, 0.1) is 6.92 Å². The molecule has 112 valence electrons. The summed E-state index contributed by atoms with van der Waals surface area (Å²) in [6, 6.07) is 7.94. The van der Waals surface area contributed by atoms with Crippen molar-refractivity contribution in [2.75, 3.05) is 20.2 Å². The number of rotatable bonds is 5. The highest BCUT2D eigenvalue weighted by molar-refractivity contribution is 5.38. The molecule has 0 spiro atoms. The summed E-state index contributed by atoms with van der Waals surface area (Å²) in [5.74, 6) is 0.981. The van der Waals surface area contributed by atoms with Crippen LogP contribution in [0.5, 0.6) is 5.75 Å². The Balaban J connectivity index is 2.02. The van der Waals surface area contributed by atoms with Crippen LogP contribution in [0.25, 0.3) is 0 Å². The molecule has 1 heterocycles. The van der Waals surface area contributed by atoms with Gasteiger partial charge in [0.05, 0.1) is 7.11 Å². The number of aryl methyl sites for hydroxylation is 1. The maximum Gasteiger partial charge on any atom is 0.123 e. The van der Waals surface area contributed by atoms with Gasteiger partial charge < -0.3 is 10.1 Å².